The van der Waals surface area contributed by atoms with Crippen LogP contribution in [-0.4, -0.2) is 42.1 Å². The van der Waals surface area contributed by atoms with Crippen molar-refractivity contribution in [1.82, 2.24) is 0 Å². The summed E-state index contributed by atoms with van der Waals surface area (Å²) < 4.78 is 11.5. The monoisotopic (exact) mass is 390 g/mol. The second-order valence-corrected chi connectivity index (χ2v) is 9.91. The van der Waals surface area contributed by atoms with Crippen LogP contribution in [0.1, 0.15) is 52.9 Å². The molecule has 4 fully saturated rings. The smallest absolute Gasteiger partial charge is 0.320 e. The normalized spacial score (nSPS) is 44.2. The van der Waals surface area contributed by atoms with Gasteiger partial charge in [-0.15, -0.1) is 0 Å². The van der Waals surface area contributed by atoms with Gasteiger partial charge >= 0.3 is 11.9 Å². The summed E-state index contributed by atoms with van der Waals surface area (Å²) in [6.07, 6.45) is 2.83. The Kier molecular flexibility index (Phi) is 4.31. The van der Waals surface area contributed by atoms with Crippen LogP contribution in [0.4, 0.5) is 0 Å². The van der Waals surface area contributed by atoms with E-state index in [1.807, 2.05) is 0 Å². The van der Waals surface area contributed by atoms with E-state index >= 15 is 0 Å². The van der Waals surface area contributed by atoms with Crippen LogP contribution in [0.25, 0.3) is 0 Å². The molecule has 0 amide bonds. The predicted octanol–water partition coefficient (Wildman–Crippen LogP) is 2.43. The van der Waals surface area contributed by atoms with Crippen LogP contribution in [0, 0.1) is 34.0 Å². The van der Waals surface area contributed by atoms with Gasteiger partial charge in [0.1, 0.15) is 18.1 Å². The van der Waals surface area contributed by atoms with Gasteiger partial charge in [-0.1, -0.05) is 20.4 Å². The number of esters is 2. The van der Waals surface area contributed by atoms with Gasteiger partial charge in [0.15, 0.2) is 5.78 Å². The zero-order valence-corrected chi connectivity index (χ0v) is 17.0. The second kappa shape index (κ2) is 6.15. The van der Waals surface area contributed by atoms with Crippen LogP contribution in [0.3, 0.4) is 0 Å². The lowest BCUT2D eigenvalue weighted by molar-refractivity contribution is -0.247. The third-order valence-corrected chi connectivity index (χ3v) is 8.36. The number of allylic oxidation sites excluding steroid dienone is 1. The first-order valence-corrected chi connectivity index (χ1v) is 10.3. The van der Waals surface area contributed by atoms with Crippen LogP contribution < -0.4 is 0 Å². The molecule has 3 aliphatic carbocycles. The molecule has 4 rings (SSSR count). The summed E-state index contributed by atoms with van der Waals surface area (Å²) in [7, 11) is 0. The molecule has 1 N–H and O–H groups in total. The SMILES string of the molecule is C=C1C(=O)C23CC1CCC2C1(COC3=O)C(OC(C)=O)CCC(C)(C)C1CO. The van der Waals surface area contributed by atoms with Crippen molar-refractivity contribution in [1.29, 1.82) is 0 Å². The Morgan fingerprint density at radius 1 is 1.29 bits per heavy atom. The lowest BCUT2D eigenvalue weighted by Gasteiger charge is -2.62. The summed E-state index contributed by atoms with van der Waals surface area (Å²) in [5.41, 5.74) is -1.71. The summed E-state index contributed by atoms with van der Waals surface area (Å²) in [4.78, 5) is 38.2. The minimum absolute atomic E-state index is 0.0165. The number of cyclic esters (lactones) is 1. The fourth-order valence-corrected chi connectivity index (χ4v) is 7.08. The van der Waals surface area contributed by atoms with Gasteiger partial charge in [0, 0.05) is 13.5 Å². The lowest BCUT2D eigenvalue weighted by Crippen LogP contribution is -2.68. The Labute approximate surface area is 165 Å². The number of fused-ring (bicyclic) bond motifs is 2. The van der Waals surface area contributed by atoms with E-state index in [4.69, 9.17) is 9.47 Å². The molecule has 0 aromatic rings. The minimum atomic E-state index is -1.24. The molecule has 1 saturated heterocycles. The molecule has 6 atom stereocenters. The van der Waals surface area contributed by atoms with Crippen LogP contribution in [0.15, 0.2) is 12.2 Å². The Morgan fingerprint density at radius 3 is 2.64 bits per heavy atom. The molecule has 0 aromatic heterocycles. The maximum atomic E-state index is 13.3. The summed E-state index contributed by atoms with van der Waals surface area (Å²) in [6.45, 7) is 9.53. The first-order chi connectivity index (χ1) is 13.1. The average molecular weight is 390 g/mol. The first-order valence-electron chi connectivity index (χ1n) is 10.3. The number of rotatable bonds is 2. The molecule has 28 heavy (non-hydrogen) atoms. The van der Waals surface area contributed by atoms with Crippen LogP contribution in [-0.2, 0) is 23.9 Å². The predicted molar refractivity (Wildman–Crippen MR) is 99.9 cm³/mol. The zero-order chi connectivity index (χ0) is 20.5. The van der Waals surface area contributed by atoms with E-state index in [9.17, 15) is 19.5 Å². The number of ether oxygens (including phenoxy) is 2. The van der Waals surface area contributed by atoms with Gasteiger partial charge in [0.05, 0.1) is 5.41 Å². The molecule has 2 spiro atoms. The molecule has 4 aliphatic rings. The fraction of sp³-hybridized carbons (Fsp3) is 0.773. The quantitative estimate of drug-likeness (QED) is 0.442. The van der Waals surface area contributed by atoms with E-state index in [0.29, 0.717) is 24.8 Å². The average Bonchev–Trinajstić information content (AvgIpc) is 2.82. The molecule has 0 aromatic carbocycles. The molecule has 0 radical (unpaired) electrons. The van der Waals surface area contributed by atoms with E-state index in [2.05, 4.69) is 20.4 Å². The Morgan fingerprint density at radius 2 is 2.00 bits per heavy atom. The lowest BCUT2D eigenvalue weighted by atomic mass is 9.44. The van der Waals surface area contributed by atoms with Crippen LogP contribution in [0.2, 0.25) is 0 Å². The molecule has 6 unspecified atom stereocenters. The standard InChI is InChI=1S/C22H30O6/c1-12-14-5-6-15-21(9-14,18(12)25)19(26)27-11-22(15)16(10-23)20(3,4)8-7-17(22)28-13(2)24/h14-17,23H,1,5-11H2,2-4H3. The number of ketones is 1. The highest BCUT2D eigenvalue weighted by atomic mass is 16.6. The molecular weight excluding hydrogens is 360 g/mol. The van der Waals surface area contributed by atoms with Gasteiger partial charge in [-0.05, 0) is 60.8 Å². The van der Waals surface area contributed by atoms with Crippen molar-refractivity contribution in [2.45, 2.75) is 59.0 Å². The number of aliphatic hydroxyl groups excluding tert-OH is 1. The van der Waals surface area contributed by atoms with Crippen molar-refractivity contribution >= 4 is 17.7 Å². The van der Waals surface area contributed by atoms with Crippen molar-refractivity contribution in [2.75, 3.05) is 13.2 Å². The topological polar surface area (TPSA) is 89.9 Å². The highest BCUT2D eigenvalue weighted by molar-refractivity contribution is 6.15. The summed E-state index contributed by atoms with van der Waals surface area (Å²) in [6, 6.07) is 0. The Bertz CT molecular complexity index is 754. The third-order valence-electron chi connectivity index (χ3n) is 8.36. The van der Waals surface area contributed by atoms with Gasteiger partial charge in [0.2, 0.25) is 0 Å². The van der Waals surface area contributed by atoms with Gasteiger partial charge in [0.25, 0.3) is 0 Å². The van der Waals surface area contributed by atoms with E-state index < -0.39 is 22.9 Å². The van der Waals surface area contributed by atoms with Gasteiger partial charge in [-0.25, -0.2) is 0 Å². The molecule has 6 nitrogen and oxygen atoms in total. The highest BCUT2D eigenvalue weighted by Gasteiger charge is 2.74. The summed E-state index contributed by atoms with van der Waals surface area (Å²) in [5.74, 6) is -1.59. The molecular formula is C22H30O6. The number of carbonyl (C=O) groups is 3. The minimum Gasteiger partial charge on any atom is -0.464 e. The molecule has 3 saturated carbocycles. The highest BCUT2D eigenvalue weighted by Crippen LogP contribution is 2.68. The van der Waals surface area contributed by atoms with Gasteiger partial charge < -0.3 is 14.6 Å². The maximum absolute atomic E-state index is 13.3. The molecule has 1 aliphatic heterocycles. The summed E-state index contributed by atoms with van der Waals surface area (Å²) >= 11 is 0. The number of Topliss-reactive ketones (excluding diaryl/α,β-unsaturated/α-hetero) is 1. The Balaban J connectivity index is 1.90. The third kappa shape index (κ3) is 2.27. The molecule has 2 bridgehead atoms. The van der Waals surface area contributed by atoms with Crippen LogP contribution >= 0.6 is 0 Å². The first kappa shape index (κ1) is 19.6. The number of hydrogen-bond acceptors (Lipinski definition) is 6. The summed E-state index contributed by atoms with van der Waals surface area (Å²) in [5, 5.41) is 10.5. The van der Waals surface area contributed by atoms with Crippen molar-refractivity contribution in [3.63, 3.8) is 0 Å². The van der Waals surface area contributed by atoms with Crippen molar-refractivity contribution in [3.8, 4) is 0 Å². The van der Waals surface area contributed by atoms with E-state index in [-0.39, 0.29) is 48.1 Å². The van der Waals surface area contributed by atoms with Crippen LogP contribution in [0.5, 0.6) is 0 Å². The molecule has 6 heteroatoms. The Hall–Kier alpha value is -1.69. The number of aliphatic hydroxyl groups is 1. The number of carbonyl (C=O) groups excluding carboxylic acids is 3. The van der Waals surface area contributed by atoms with Gasteiger partial charge in [-0.2, -0.15) is 0 Å². The largest absolute Gasteiger partial charge is 0.464 e. The van der Waals surface area contributed by atoms with E-state index in [1.165, 1.54) is 6.92 Å². The van der Waals surface area contributed by atoms with E-state index in [0.717, 1.165) is 12.8 Å². The van der Waals surface area contributed by atoms with Crippen molar-refractivity contribution in [2.24, 2.45) is 34.0 Å². The van der Waals surface area contributed by atoms with E-state index in [1.54, 1.807) is 0 Å². The second-order valence-electron chi connectivity index (χ2n) is 9.91. The maximum Gasteiger partial charge on any atom is 0.320 e. The molecule has 154 valence electrons. The van der Waals surface area contributed by atoms with Crippen molar-refractivity contribution in [3.05, 3.63) is 12.2 Å². The fourth-order valence-electron chi connectivity index (χ4n) is 7.08. The van der Waals surface area contributed by atoms with Gasteiger partial charge in [-0.3, -0.25) is 14.4 Å². The van der Waals surface area contributed by atoms with Crippen molar-refractivity contribution < 1.29 is 29.0 Å². The number of hydrogen-bond donors (Lipinski definition) is 1. The zero-order valence-electron chi connectivity index (χ0n) is 17.0. The molecule has 1 heterocycles.